The Morgan fingerprint density at radius 2 is 1.93 bits per heavy atom. The number of methoxy groups -OCH3 is 1. The molecule has 1 aliphatic heterocycles. The number of hydrogen-bond acceptors (Lipinski definition) is 5. The lowest BCUT2D eigenvalue weighted by molar-refractivity contribution is -0.123. The molecule has 0 radical (unpaired) electrons. The van der Waals surface area contributed by atoms with Crippen LogP contribution in [0, 0.1) is 12.8 Å². The van der Waals surface area contributed by atoms with E-state index in [4.69, 9.17) is 15.2 Å². The van der Waals surface area contributed by atoms with E-state index in [1.54, 1.807) is 13.2 Å². The standard InChI is InChI=1S/C23H29N3O4/c1-16-5-10-20(21(12-16)29-2)30-15-22(27)25-19-8-6-17(7-9-19)13-26-11-3-4-18(14-26)23(24)28/h5-10,12,18H,3-4,11,13-15H2,1-2H3,(H2,24,28)(H,25,27). The van der Waals surface area contributed by atoms with Crippen molar-refractivity contribution in [3.05, 3.63) is 53.6 Å². The Bertz CT molecular complexity index is 883. The van der Waals surface area contributed by atoms with E-state index in [2.05, 4.69) is 10.2 Å². The van der Waals surface area contributed by atoms with Gasteiger partial charge >= 0.3 is 0 Å². The SMILES string of the molecule is COc1cc(C)ccc1OCC(=O)Nc1ccc(CN2CCCC(C(N)=O)C2)cc1. The van der Waals surface area contributed by atoms with Crippen LogP contribution in [-0.2, 0) is 16.1 Å². The molecule has 1 atom stereocenters. The van der Waals surface area contributed by atoms with Crippen LogP contribution in [0.1, 0.15) is 24.0 Å². The van der Waals surface area contributed by atoms with Crippen molar-refractivity contribution in [2.24, 2.45) is 11.7 Å². The predicted octanol–water partition coefficient (Wildman–Crippen LogP) is 2.72. The Hall–Kier alpha value is -3.06. The number of likely N-dealkylation sites (tertiary alicyclic amines) is 1. The van der Waals surface area contributed by atoms with Gasteiger partial charge in [0.15, 0.2) is 18.1 Å². The van der Waals surface area contributed by atoms with Crippen molar-refractivity contribution in [3.8, 4) is 11.5 Å². The Morgan fingerprint density at radius 1 is 1.17 bits per heavy atom. The fourth-order valence-corrected chi connectivity index (χ4v) is 3.62. The molecule has 160 valence electrons. The molecule has 0 saturated carbocycles. The van der Waals surface area contributed by atoms with E-state index in [1.807, 2.05) is 43.3 Å². The van der Waals surface area contributed by atoms with Crippen LogP contribution in [0.5, 0.6) is 11.5 Å². The van der Waals surface area contributed by atoms with Gasteiger partial charge in [-0.15, -0.1) is 0 Å². The molecule has 1 unspecified atom stereocenters. The minimum Gasteiger partial charge on any atom is -0.493 e. The summed E-state index contributed by atoms with van der Waals surface area (Å²) in [6, 6.07) is 13.3. The van der Waals surface area contributed by atoms with E-state index in [-0.39, 0.29) is 24.3 Å². The first-order valence-electron chi connectivity index (χ1n) is 10.1. The Labute approximate surface area is 177 Å². The lowest BCUT2D eigenvalue weighted by Gasteiger charge is -2.31. The third kappa shape index (κ3) is 5.97. The van der Waals surface area contributed by atoms with E-state index in [0.717, 1.165) is 37.1 Å². The van der Waals surface area contributed by atoms with Crippen molar-refractivity contribution in [2.45, 2.75) is 26.3 Å². The highest BCUT2D eigenvalue weighted by molar-refractivity contribution is 5.91. The minimum atomic E-state index is -0.245. The number of amides is 2. The second kappa shape index (κ2) is 10.1. The quantitative estimate of drug-likeness (QED) is 0.697. The molecule has 0 aliphatic carbocycles. The molecule has 3 N–H and O–H groups in total. The lowest BCUT2D eigenvalue weighted by Crippen LogP contribution is -2.40. The Morgan fingerprint density at radius 3 is 2.63 bits per heavy atom. The van der Waals surface area contributed by atoms with E-state index in [1.165, 1.54) is 0 Å². The molecule has 1 heterocycles. The molecule has 0 bridgehead atoms. The maximum atomic E-state index is 12.2. The van der Waals surface area contributed by atoms with E-state index in [9.17, 15) is 9.59 Å². The first-order valence-corrected chi connectivity index (χ1v) is 10.1. The first-order chi connectivity index (χ1) is 14.4. The van der Waals surface area contributed by atoms with Gasteiger partial charge in [-0.2, -0.15) is 0 Å². The van der Waals surface area contributed by atoms with Crippen LogP contribution in [0.25, 0.3) is 0 Å². The van der Waals surface area contributed by atoms with E-state index >= 15 is 0 Å². The number of piperidine rings is 1. The number of carbonyl (C=O) groups excluding carboxylic acids is 2. The molecule has 1 aliphatic rings. The number of benzene rings is 2. The number of nitrogens with zero attached hydrogens (tertiary/aromatic N) is 1. The van der Waals surface area contributed by atoms with E-state index in [0.29, 0.717) is 23.7 Å². The maximum Gasteiger partial charge on any atom is 0.262 e. The lowest BCUT2D eigenvalue weighted by atomic mass is 9.97. The van der Waals surface area contributed by atoms with E-state index < -0.39 is 0 Å². The van der Waals surface area contributed by atoms with Crippen molar-refractivity contribution in [1.82, 2.24) is 4.90 Å². The van der Waals surface area contributed by atoms with Crippen LogP contribution in [-0.4, -0.2) is 43.5 Å². The van der Waals surface area contributed by atoms with Gasteiger partial charge in [0, 0.05) is 18.8 Å². The molecule has 1 fully saturated rings. The molecule has 7 nitrogen and oxygen atoms in total. The minimum absolute atomic E-state index is 0.0653. The van der Waals surface area contributed by atoms with Gasteiger partial charge < -0.3 is 20.5 Å². The average molecular weight is 412 g/mol. The fraction of sp³-hybridized carbons (Fsp3) is 0.391. The average Bonchev–Trinajstić information content (AvgIpc) is 2.74. The van der Waals surface area contributed by atoms with Gasteiger partial charge in [0.25, 0.3) is 5.91 Å². The molecule has 2 aromatic rings. The summed E-state index contributed by atoms with van der Waals surface area (Å²) in [5.74, 6) is 0.603. The summed E-state index contributed by atoms with van der Waals surface area (Å²) in [5.41, 5.74) is 8.33. The van der Waals surface area contributed by atoms with Crippen molar-refractivity contribution in [3.63, 3.8) is 0 Å². The van der Waals surface area contributed by atoms with Gasteiger partial charge in [-0.1, -0.05) is 18.2 Å². The largest absolute Gasteiger partial charge is 0.493 e. The maximum absolute atomic E-state index is 12.2. The van der Waals surface area contributed by atoms with Crippen molar-refractivity contribution >= 4 is 17.5 Å². The zero-order valence-electron chi connectivity index (χ0n) is 17.5. The molecular formula is C23H29N3O4. The number of anilines is 1. The summed E-state index contributed by atoms with van der Waals surface area (Å²) in [6.45, 7) is 4.28. The van der Waals surface area contributed by atoms with Gasteiger partial charge in [-0.05, 0) is 61.7 Å². The van der Waals surface area contributed by atoms with Gasteiger partial charge in [0.1, 0.15) is 0 Å². The highest BCUT2D eigenvalue weighted by Gasteiger charge is 2.23. The number of aryl methyl sites for hydroxylation is 1. The number of ether oxygens (including phenoxy) is 2. The summed E-state index contributed by atoms with van der Waals surface area (Å²) in [4.78, 5) is 25.9. The summed E-state index contributed by atoms with van der Waals surface area (Å²) in [7, 11) is 1.57. The van der Waals surface area contributed by atoms with Crippen LogP contribution in [0.3, 0.4) is 0 Å². The van der Waals surface area contributed by atoms with Crippen LogP contribution in [0.4, 0.5) is 5.69 Å². The van der Waals surface area contributed by atoms with Gasteiger partial charge in [0.05, 0.1) is 13.0 Å². The summed E-state index contributed by atoms with van der Waals surface area (Å²) in [5, 5.41) is 2.83. The number of hydrogen-bond donors (Lipinski definition) is 2. The molecule has 30 heavy (non-hydrogen) atoms. The fourth-order valence-electron chi connectivity index (χ4n) is 3.62. The third-order valence-corrected chi connectivity index (χ3v) is 5.23. The smallest absolute Gasteiger partial charge is 0.262 e. The monoisotopic (exact) mass is 411 g/mol. The molecule has 3 rings (SSSR count). The van der Waals surface area contributed by atoms with Crippen LogP contribution < -0.4 is 20.5 Å². The number of nitrogens with one attached hydrogen (secondary N) is 1. The first kappa shape index (κ1) is 21.6. The molecular weight excluding hydrogens is 382 g/mol. The molecule has 1 saturated heterocycles. The van der Waals surface area contributed by atoms with Crippen molar-refractivity contribution < 1.29 is 19.1 Å². The zero-order chi connectivity index (χ0) is 21.5. The molecule has 2 aromatic carbocycles. The Kier molecular flexibility index (Phi) is 7.30. The molecule has 7 heteroatoms. The van der Waals surface area contributed by atoms with Gasteiger partial charge in [-0.3, -0.25) is 14.5 Å². The highest BCUT2D eigenvalue weighted by atomic mass is 16.5. The van der Waals surface area contributed by atoms with Crippen LogP contribution in [0.15, 0.2) is 42.5 Å². The second-order valence-electron chi connectivity index (χ2n) is 7.66. The predicted molar refractivity (Wildman–Crippen MR) is 115 cm³/mol. The molecule has 2 amide bonds. The van der Waals surface area contributed by atoms with Gasteiger partial charge in [-0.25, -0.2) is 0 Å². The summed E-state index contributed by atoms with van der Waals surface area (Å²) >= 11 is 0. The second-order valence-corrected chi connectivity index (χ2v) is 7.66. The summed E-state index contributed by atoms with van der Waals surface area (Å²) in [6.07, 6.45) is 1.85. The van der Waals surface area contributed by atoms with Crippen LogP contribution in [0.2, 0.25) is 0 Å². The third-order valence-electron chi connectivity index (χ3n) is 5.23. The van der Waals surface area contributed by atoms with Gasteiger partial charge in [0.2, 0.25) is 5.91 Å². The number of nitrogens with two attached hydrogens (primary N) is 1. The van der Waals surface area contributed by atoms with Crippen LogP contribution >= 0.6 is 0 Å². The number of carbonyl (C=O) groups is 2. The summed E-state index contributed by atoms with van der Waals surface area (Å²) < 4.78 is 10.9. The highest BCUT2D eigenvalue weighted by Crippen LogP contribution is 2.27. The number of primary amides is 1. The topological polar surface area (TPSA) is 93.9 Å². The normalized spacial score (nSPS) is 16.7. The molecule has 0 aromatic heterocycles. The van der Waals surface area contributed by atoms with Crippen molar-refractivity contribution in [2.75, 3.05) is 32.1 Å². The molecule has 0 spiro atoms. The number of rotatable bonds is 8. The Balaban J connectivity index is 1.49. The van der Waals surface area contributed by atoms with Crippen molar-refractivity contribution in [1.29, 1.82) is 0 Å². The zero-order valence-corrected chi connectivity index (χ0v) is 17.5.